The van der Waals surface area contributed by atoms with Gasteiger partial charge in [-0.25, -0.2) is 0 Å². The molecule has 0 aromatic heterocycles. The van der Waals surface area contributed by atoms with E-state index in [-0.39, 0.29) is 5.78 Å². The van der Waals surface area contributed by atoms with E-state index < -0.39 is 0 Å². The second-order valence-corrected chi connectivity index (χ2v) is 4.61. The first-order valence-electron chi connectivity index (χ1n) is 5.58. The van der Waals surface area contributed by atoms with Gasteiger partial charge >= 0.3 is 0 Å². The molecule has 0 N–H and O–H groups in total. The Labute approximate surface area is 107 Å². The Kier molecular flexibility index (Phi) is 5.45. The van der Waals surface area contributed by atoms with Crippen LogP contribution in [0.25, 0.3) is 0 Å². The normalized spacial score (nSPS) is 10.6. The number of hydrogen-bond donors (Lipinski definition) is 0. The van der Waals surface area contributed by atoms with Crippen molar-refractivity contribution in [2.24, 2.45) is 0 Å². The van der Waals surface area contributed by atoms with Gasteiger partial charge in [-0.3, -0.25) is 4.79 Å². The van der Waals surface area contributed by atoms with Crippen molar-refractivity contribution in [1.82, 2.24) is 4.90 Å². The fourth-order valence-electron chi connectivity index (χ4n) is 1.44. The first kappa shape index (κ1) is 14.0. The largest absolute Gasteiger partial charge is 0.493 e. The summed E-state index contributed by atoms with van der Waals surface area (Å²) in [7, 11) is 4.05. The molecule has 0 aliphatic carbocycles. The van der Waals surface area contributed by atoms with Gasteiger partial charge in [-0.15, -0.1) is 0 Å². The summed E-state index contributed by atoms with van der Waals surface area (Å²) in [5, 5.41) is 0.447. The predicted molar refractivity (Wildman–Crippen MR) is 70.1 cm³/mol. The van der Waals surface area contributed by atoms with E-state index in [0.29, 0.717) is 22.9 Å². The lowest BCUT2D eigenvalue weighted by atomic mass is 10.1. The molecule has 0 saturated carbocycles. The van der Waals surface area contributed by atoms with E-state index in [0.717, 1.165) is 13.0 Å². The van der Waals surface area contributed by atoms with Crippen molar-refractivity contribution in [1.29, 1.82) is 0 Å². The molecule has 1 aromatic carbocycles. The van der Waals surface area contributed by atoms with Crippen molar-refractivity contribution in [2.75, 3.05) is 27.2 Å². The molecule has 0 fully saturated rings. The first-order valence-corrected chi connectivity index (χ1v) is 5.96. The molecule has 0 heterocycles. The Bertz CT molecular complexity index is 391. The summed E-state index contributed by atoms with van der Waals surface area (Å²) in [4.78, 5) is 13.3. The number of Topliss-reactive ketones (excluding diaryl/α,β-unsaturated/α-hetero) is 1. The van der Waals surface area contributed by atoms with E-state index in [1.807, 2.05) is 14.1 Å². The van der Waals surface area contributed by atoms with Crippen LogP contribution in [-0.4, -0.2) is 37.9 Å². The van der Waals surface area contributed by atoms with E-state index >= 15 is 0 Å². The minimum absolute atomic E-state index is 0.0332. The number of carbonyl (C=O) groups is 1. The highest BCUT2D eigenvalue weighted by atomic mass is 35.5. The number of halogens is 1. The minimum Gasteiger partial charge on any atom is -0.493 e. The minimum atomic E-state index is -0.0332. The third-order valence-electron chi connectivity index (χ3n) is 2.34. The number of carbonyl (C=O) groups excluding carboxylic acids is 1. The molecule has 0 bridgehead atoms. The maximum absolute atomic E-state index is 11.2. The van der Waals surface area contributed by atoms with Gasteiger partial charge < -0.3 is 9.64 Å². The maximum Gasteiger partial charge on any atom is 0.161 e. The van der Waals surface area contributed by atoms with Crippen LogP contribution in [0.5, 0.6) is 5.75 Å². The van der Waals surface area contributed by atoms with Crippen LogP contribution in [0, 0.1) is 0 Å². The lowest BCUT2D eigenvalue weighted by Crippen LogP contribution is -2.15. The Morgan fingerprint density at radius 1 is 1.41 bits per heavy atom. The first-order chi connectivity index (χ1) is 8.00. The van der Waals surface area contributed by atoms with Crippen LogP contribution < -0.4 is 4.74 Å². The Balaban J connectivity index is 2.50. The third-order valence-corrected chi connectivity index (χ3v) is 2.65. The average Bonchev–Trinajstić information content (AvgIpc) is 2.23. The lowest BCUT2D eigenvalue weighted by Gasteiger charge is -2.11. The summed E-state index contributed by atoms with van der Waals surface area (Å²) in [5.74, 6) is 0.674. The fourth-order valence-corrected chi connectivity index (χ4v) is 1.75. The molecule has 0 amide bonds. The lowest BCUT2D eigenvalue weighted by molar-refractivity contribution is 0.101. The van der Waals surface area contributed by atoms with E-state index in [2.05, 4.69) is 4.90 Å². The average molecular weight is 256 g/mol. The van der Waals surface area contributed by atoms with Crippen LogP contribution in [0.2, 0.25) is 5.02 Å². The molecular formula is C13H18ClNO2. The second kappa shape index (κ2) is 6.62. The highest BCUT2D eigenvalue weighted by Gasteiger charge is 2.06. The Morgan fingerprint density at radius 3 is 2.65 bits per heavy atom. The van der Waals surface area contributed by atoms with Crippen LogP contribution >= 0.6 is 11.6 Å². The van der Waals surface area contributed by atoms with Crippen molar-refractivity contribution in [2.45, 2.75) is 13.3 Å². The summed E-state index contributed by atoms with van der Waals surface area (Å²) in [6, 6.07) is 5.16. The van der Waals surface area contributed by atoms with Crippen LogP contribution in [0.15, 0.2) is 18.2 Å². The standard InChI is InChI=1S/C13H18ClNO2/c1-10(16)12-6-5-11(9-13(12)14)17-8-4-7-15(2)3/h5-6,9H,4,7-8H2,1-3H3. The van der Waals surface area contributed by atoms with Gasteiger partial charge in [0.05, 0.1) is 11.6 Å². The smallest absolute Gasteiger partial charge is 0.161 e. The summed E-state index contributed by atoms with van der Waals surface area (Å²) in [6.07, 6.45) is 0.957. The summed E-state index contributed by atoms with van der Waals surface area (Å²) >= 11 is 5.98. The molecule has 0 atom stereocenters. The molecule has 1 rings (SSSR count). The molecule has 3 nitrogen and oxygen atoms in total. The van der Waals surface area contributed by atoms with Crippen molar-refractivity contribution in [3.05, 3.63) is 28.8 Å². The number of benzene rings is 1. The van der Waals surface area contributed by atoms with Gasteiger partial charge in [-0.05, 0) is 45.6 Å². The SMILES string of the molecule is CC(=O)c1ccc(OCCCN(C)C)cc1Cl. The molecule has 0 aliphatic heterocycles. The monoisotopic (exact) mass is 255 g/mol. The van der Waals surface area contributed by atoms with Crippen LogP contribution in [0.3, 0.4) is 0 Å². The van der Waals surface area contributed by atoms with E-state index in [1.54, 1.807) is 18.2 Å². The number of ether oxygens (including phenoxy) is 1. The molecule has 0 radical (unpaired) electrons. The van der Waals surface area contributed by atoms with Gasteiger partial charge in [0.15, 0.2) is 5.78 Å². The molecule has 0 spiro atoms. The Morgan fingerprint density at radius 2 is 2.12 bits per heavy atom. The zero-order chi connectivity index (χ0) is 12.8. The van der Waals surface area contributed by atoms with Crippen molar-refractivity contribution < 1.29 is 9.53 Å². The van der Waals surface area contributed by atoms with Crippen LogP contribution in [-0.2, 0) is 0 Å². The topological polar surface area (TPSA) is 29.5 Å². The number of hydrogen-bond acceptors (Lipinski definition) is 3. The highest BCUT2D eigenvalue weighted by molar-refractivity contribution is 6.34. The van der Waals surface area contributed by atoms with Crippen molar-refractivity contribution in [3.8, 4) is 5.75 Å². The van der Waals surface area contributed by atoms with Gasteiger partial charge in [-0.1, -0.05) is 11.6 Å². The molecule has 0 unspecified atom stereocenters. The summed E-state index contributed by atoms with van der Waals surface area (Å²) in [6.45, 7) is 3.13. The molecule has 17 heavy (non-hydrogen) atoms. The zero-order valence-corrected chi connectivity index (χ0v) is 11.3. The van der Waals surface area contributed by atoms with Gasteiger partial charge in [0.1, 0.15) is 5.75 Å². The number of rotatable bonds is 6. The highest BCUT2D eigenvalue weighted by Crippen LogP contribution is 2.23. The van der Waals surface area contributed by atoms with E-state index in [1.165, 1.54) is 6.92 Å². The van der Waals surface area contributed by atoms with E-state index in [4.69, 9.17) is 16.3 Å². The summed E-state index contributed by atoms with van der Waals surface area (Å²) in [5.41, 5.74) is 0.535. The molecule has 0 saturated heterocycles. The van der Waals surface area contributed by atoms with E-state index in [9.17, 15) is 4.79 Å². The predicted octanol–water partition coefficient (Wildman–Crippen LogP) is 2.87. The molecule has 4 heteroatoms. The van der Waals surface area contributed by atoms with Crippen LogP contribution in [0.4, 0.5) is 0 Å². The van der Waals surface area contributed by atoms with Gasteiger partial charge in [0, 0.05) is 12.1 Å². The Hall–Kier alpha value is -1.06. The molecular weight excluding hydrogens is 238 g/mol. The molecule has 94 valence electrons. The summed E-state index contributed by atoms with van der Waals surface area (Å²) < 4.78 is 5.55. The molecule has 1 aromatic rings. The third kappa shape index (κ3) is 4.75. The van der Waals surface area contributed by atoms with Crippen LogP contribution in [0.1, 0.15) is 23.7 Å². The second-order valence-electron chi connectivity index (χ2n) is 4.20. The molecule has 0 aliphatic rings. The number of ketones is 1. The van der Waals surface area contributed by atoms with Crippen molar-refractivity contribution in [3.63, 3.8) is 0 Å². The fraction of sp³-hybridized carbons (Fsp3) is 0.462. The zero-order valence-electron chi connectivity index (χ0n) is 10.5. The number of nitrogens with zero attached hydrogens (tertiary/aromatic N) is 1. The van der Waals surface area contributed by atoms with Gasteiger partial charge in [-0.2, -0.15) is 0 Å². The van der Waals surface area contributed by atoms with Gasteiger partial charge in [0.2, 0.25) is 0 Å². The van der Waals surface area contributed by atoms with Crippen molar-refractivity contribution >= 4 is 17.4 Å². The quantitative estimate of drug-likeness (QED) is 0.578. The maximum atomic E-state index is 11.2. The van der Waals surface area contributed by atoms with Gasteiger partial charge in [0.25, 0.3) is 0 Å².